The molecule has 0 unspecified atom stereocenters. The summed E-state index contributed by atoms with van der Waals surface area (Å²) in [7, 11) is 0. The van der Waals surface area contributed by atoms with Crippen LogP contribution < -0.4 is 0 Å². The number of nitriles is 1. The van der Waals surface area contributed by atoms with Crippen molar-refractivity contribution in [2.45, 2.75) is 6.18 Å². The molecule has 0 fully saturated rings. The van der Waals surface area contributed by atoms with E-state index in [2.05, 4.69) is 9.98 Å². The van der Waals surface area contributed by atoms with E-state index in [-0.39, 0.29) is 28.3 Å². The van der Waals surface area contributed by atoms with Crippen molar-refractivity contribution in [1.29, 1.82) is 5.26 Å². The van der Waals surface area contributed by atoms with E-state index in [4.69, 9.17) is 5.26 Å². The molecule has 2 heterocycles. The number of nitrogens with one attached hydrogen (secondary N) is 1. The highest BCUT2D eigenvalue weighted by Crippen LogP contribution is 2.38. The van der Waals surface area contributed by atoms with Gasteiger partial charge in [-0.3, -0.25) is 4.79 Å². The number of fused-ring (bicyclic) bond motifs is 1. The minimum Gasteiger partial charge on any atom is -0.494 e. The molecule has 1 aliphatic rings. The number of aromatic hydroxyl groups is 1. The summed E-state index contributed by atoms with van der Waals surface area (Å²) in [6.45, 7) is 0. The molecule has 0 bridgehead atoms. The van der Waals surface area contributed by atoms with E-state index in [9.17, 15) is 23.1 Å². The van der Waals surface area contributed by atoms with Crippen molar-refractivity contribution in [1.82, 2.24) is 4.98 Å². The van der Waals surface area contributed by atoms with Crippen LogP contribution in [0.3, 0.4) is 0 Å². The number of rotatable bonds is 2. The van der Waals surface area contributed by atoms with Crippen LogP contribution in [0.15, 0.2) is 53.5 Å². The summed E-state index contributed by atoms with van der Waals surface area (Å²) in [6.07, 6.45) is -4.48. The van der Waals surface area contributed by atoms with Gasteiger partial charge in [-0.15, -0.1) is 0 Å². The lowest BCUT2D eigenvalue weighted by molar-refractivity contribution is -0.137. The second-order valence-corrected chi connectivity index (χ2v) is 6.13. The lowest BCUT2D eigenvalue weighted by atomic mass is 9.99. The quantitative estimate of drug-likeness (QED) is 0.695. The van der Waals surface area contributed by atoms with Crippen molar-refractivity contribution in [3.63, 3.8) is 0 Å². The van der Waals surface area contributed by atoms with Gasteiger partial charge in [-0.25, -0.2) is 4.99 Å². The number of amides is 1. The lowest BCUT2D eigenvalue weighted by Crippen LogP contribution is -2.06. The van der Waals surface area contributed by atoms with Gasteiger partial charge >= 0.3 is 6.18 Å². The first kappa shape index (κ1) is 17.5. The first-order valence-electron chi connectivity index (χ1n) is 8.06. The van der Waals surface area contributed by atoms with Crippen molar-refractivity contribution in [3.05, 3.63) is 76.3 Å². The number of aliphatic imine (C=N–C) groups is 1. The SMILES string of the molecule is N#Cc1ccc(-c2[nH]c(O)c3c2C(=O)N=C3c2ccc(C(F)(F)F)cc2)cc1. The number of aromatic nitrogens is 1. The fourth-order valence-electron chi connectivity index (χ4n) is 3.10. The van der Waals surface area contributed by atoms with E-state index >= 15 is 0 Å². The summed E-state index contributed by atoms with van der Waals surface area (Å²) < 4.78 is 38.3. The smallest absolute Gasteiger partial charge is 0.416 e. The van der Waals surface area contributed by atoms with E-state index in [0.29, 0.717) is 16.8 Å². The van der Waals surface area contributed by atoms with Crippen LogP contribution in [-0.4, -0.2) is 21.7 Å². The van der Waals surface area contributed by atoms with Crippen LogP contribution in [-0.2, 0) is 6.18 Å². The molecule has 1 aromatic heterocycles. The van der Waals surface area contributed by atoms with Gasteiger partial charge < -0.3 is 10.1 Å². The topological polar surface area (TPSA) is 89.2 Å². The van der Waals surface area contributed by atoms with E-state index in [1.807, 2.05) is 6.07 Å². The number of carbonyl (C=O) groups excluding carboxylic acids is 1. The van der Waals surface area contributed by atoms with Gasteiger partial charge in [-0.2, -0.15) is 18.4 Å². The Morgan fingerprint density at radius 1 is 0.964 bits per heavy atom. The predicted octanol–water partition coefficient (Wildman–Crippen LogP) is 4.27. The molecule has 1 aliphatic heterocycles. The van der Waals surface area contributed by atoms with Gasteiger partial charge in [0.05, 0.1) is 39.7 Å². The maximum Gasteiger partial charge on any atom is 0.416 e. The third kappa shape index (κ3) is 2.74. The number of hydrogen-bond acceptors (Lipinski definition) is 3. The van der Waals surface area contributed by atoms with Gasteiger partial charge in [0.2, 0.25) is 0 Å². The average Bonchev–Trinajstić information content (AvgIpc) is 3.20. The van der Waals surface area contributed by atoms with E-state index in [1.165, 1.54) is 12.1 Å². The second-order valence-electron chi connectivity index (χ2n) is 6.13. The molecule has 0 aliphatic carbocycles. The average molecular weight is 381 g/mol. The maximum atomic E-state index is 12.8. The zero-order chi connectivity index (χ0) is 20.1. The molecule has 2 N–H and O–H groups in total. The lowest BCUT2D eigenvalue weighted by Gasteiger charge is -2.07. The summed E-state index contributed by atoms with van der Waals surface area (Å²) in [5, 5.41) is 19.2. The van der Waals surface area contributed by atoms with E-state index < -0.39 is 17.6 Å². The van der Waals surface area contributed by atoms with Crippen LogP contribution in [0.2, 0.25) is 0 Å². The number of halogens is 3. The van der Waals surface area contributed by atoms with Crippen LogP contribution >= 0.6 is 0 Å². The zero-order valence-corrected chi connectivity index (χ0v) is 14.0. The minimum absolute atomic E-state index is 0.0994. The number of H-pyrrole nitrogens is 1. The predicted molar refractivity (Wildman–Crippen MR) is 94.0 cm³/mol. The van der Waals surface area contributed by atoms with Crippen LogP contribution in [0.1, 0.15) is 32.6 Å². The molecule has 138 valence electrons. The van der Waals surface area contributed by atoms with Crippen LogP contribution in [0.4, 0.5) is 13.2 Å². The Bertz CT molecular complexity index is 1170. The molecular weight excluding hydrogens is 371 g/mol. The van der Waals surface area contributed by atoms with Crippen LogP contribution in [0.25, 0.3) is 11.3 Å². The third-order valence-electron chi connectivity index (χ3n) is 4.43. The monoisotopic (exact) mass is 381 g/mol. The number of alkyl halides is 3. The first-order valence-corrected chi connectivity index (χ1v) is 8.06. The molecule has 0 atom stereocenters. The molecule has 5 nitrogen and oxygen atoms in total. The number of hydrogen-bond donors (Lipinski definition) is 2. The van der Waals surface area contributed by atoms with E-state index in [1.54, 1.807) is 24.3 Å². The van der Waals surface area contributed by atoms with Gasteiger partial charge in [0.1, 0.15) is 0 Å². The van der Waals surface area contributed by atoms with Crippen LogP contribution in [0, 0.1) is 11.3 Å². The fourth-order valence-corrected chi connectivity index (χ4v) is 3.10. The highest BCUT2D eigenvalue weighted by Gasteiger charge is 2.34. The molecule has 2 aromatic carbocycles. The Balaban J connectivity index is 1.78. The van der Waals surface area contributed by atoms with Gasteiger partial charge in [0, 0.05) is 5.56 Å². The number of nitrogens with zero attached hydrogens (tertiary/aromatic N) is 2. The summed E-state index contributed by atoms with van der Waals surface area (Å²) in [5.41, 5.74) is 1.16. The number of benzene rings is 2. The van der Waals surface area contributed by atoms with Crippen molar-refractivity contribution in [2.24, 2.45) is 4.99 Å². The van der Waals surface area contributed by atoms with Crippen LogP contribution in [0.5, 0.6) is 5.88 Å². The summed E-state index contributed by atoms with van der Waals surface area (Å²) >= 11 is 0. The standard InChI is InChI=1S/C20H10F3N3O2/c21-20(22,23)13-7-5-12(6-8-13)17-15-14(18(27)26-17)16(25-19(15)28)11-3-1-10(9-24)2-4-11/h1-8,25,28H. The van der Waals surface area contributed by atoms with E-state index in [0.717, 1.165) is 12.1 Å². The Morgan fingerprint density at radius 2 is 1.57 bits per heavy atom. The second kappa shape index (κ2) is 6.09. The summed E-state index contributed by atoms with van der Waals surface area (Å²) in [4.78, 5) is 19.1. The molecule has 8 heteroatoms. The largest absolute Gasteiger partial charge is 0.494 e. The fraction of sp³-hybridized carbons (Fsp3) is 0.0500. The van der Waals surface area contributed by atoms with Gasteiger partial charge in [-0.1, -0.05) is 24.3 Å². The minimum atomic E-state index is -4.48. The highest BCUT2D eigenvalue weighted by atomic mass is 19.4. The maximum absolute atomic E-state index is 12.8. The third-order valence-corrected chi connectivity index (χ3v) is 4.43. The molecule has 28 heavy (non-hydrogen) atoms. The van der Waals surface area contributed by atoms with Crippen molar-refractivity contribution >= 4 is 11.6 Å². The normalized spacial score (nSPS) is 13.2. The molecule has 0 spiro atoms. The highest BCUT2D eigenvalue weighted by molar-refractivity contribution is 6.30. The Morgan fingerprint density at radius 3 is 2.14 bits per heavy atom. The summed E-state index contributed by atoms with van der Waals surface area (Å²) in [6, 6.07) is 12.6. The molecule has 3 aromatic rings. The number of aromatic amines is 1. The summed E-state index contributed by atoms with van der Waals surface area (Å²) in [5.74, 6) is -0.917. The van der Waals surface area contributed by atoms with Gasteiger partial charge in [-0.05, 0) is 29.8 Å². The molecule has 0 saturated carbocycles. The van der Waals surface area contributed by atoms with Gasteiger partial charge in [0.15, 0.2) is 5.88 Å². The molecule has 1 amide bonds. The first-order chi connectivity index (χ1) is 13.3. The Kier molecular flexibility index (Phi) is 3.82. The van der Waals surface area contributed by atoms with Gasteiger partial charge in [0.25, 0.3) is 5.91 Å². The molecule has 0 radical (unpaired) electrons. The van der Waals surface area contributed by atoms with Crippen molar-refractivity contribution in [3.8, 4) is 23.2 Å². The molecule has 4 rings (SSSR count). The van der Waals surface area contributed by atoms with Crippen molar-refractivity contribution < 1.29 is 23.1 Å². The zero-order valence-electron chi connectivity index (χ0n) is 14.0. The van der Waals surface area contributed by atoms with Crippen molar-refractivity contribution in [2.75, 3.05) is 0 Å². The Hall–Kier alpha value is -3.86. The molecular formula is C20H10F3N3O2. The number of carbonyl (C=O) groups is 1. The molecule has 0 saturated heterocycles. The Labute approximate surface area is 156 Å².